The van der Waals surface area contributed by atoms with E-state index in [0.717, 1.165) is 28.8 Å². The average molecular weight is 239 g/mol. The SMILES string of the molecule is CCc1ccnc(-c2ccc(C(C)=O)c(C)c2)c1. The first-order valence-electron chi connectivity index (χ1n) is 6.18. The molecule has 2 nitrogen and oxygen atoms in total. The summed E-state index contributed by atoms with van der Waals surface area (Å²) in [5.74, 6) is 0.106. The lowest BCUT2D eigenvalue weighted by Gasteiger charge is -2.07. The smallest absolute Gasteiger partial charge is 0.160 e. The molecule has 0 saturated heterocycles. The van der Waals surface area contributed by atoms with Gasteiger partial charge < -0.3 is 0 Å². The third-order valence-electron chi connectivity index (χ3n) is 3.13. The molecule has 2 aromatic rings. The van der Waals surface area contributed by atoms with E-state index in [1.807, 2.05) is 37.4 Å². The number of ketones is 1. The lowest BCUT2D eigenvalue weighted by molar-refractivity contribution is 0.101. The van der Waals surface area contributed by atoms with Crippen LogP contribution in [0.2, 0.25) is 0 Å². The van der Waals surface area contributed by atoms with Crippen LogP contribution >= 0.6 is 0 Å². The van der Waals surface area contributed by atoms with Crippen molar-refractivity contribution in [1.29, 1.82) is 0 Å². The van der Waals surface area contributed by atoms with E-state index in [0.29, 0.717) is 0 Å². The third kappa shape index (κ3) is 2.48. The van der Waals surface area contributed by atoms with Crippen LogP contribution in [0, 0.1) is 6.92 Å². The fourth-order valence-electron chi connectivity index (χ4n) is 2.07. The average Bonchev–Trinajstić information content (AvgIpc) is 2.38. The van der Waals surface area contributed by atoms with Crippen LogP contribution in [0.3, 0.4) is 0 Å². The molecule has 2 heteroatoms. The van der Waals surface area contributed by atoms with Gasteiger partial charge >= 0.3 is 0 Å². The molecule has 0 bridgehead atoms. The highest BCUT2D eigenvalue weighted by atomic mass is 16.1. The van der Waals surface area contributed by atoms with Gasteiger partial charge in [-0.1, -0.05) is 19.1 Å². The second-order valence-electron chi connectivity index (χ2n) is 4.49. The van der Waals surface area contributed by atoms with Crippen molar-refractivity contribution < 1.29 is 4.79 Å². The van der Waals surface area contributed by atoms with Crippen molar-refractivity contribution in [3.8, 4) is 11.3 Å². The van der Waals surface area contributed by atoms with Gasteiger partial charge in [-0.3, -0.25) is 9.78 Å². The summed E-state index contributed by atoms with van der Waals surface area (Å²) in [6, 6.07) is 10.00. The van der Waals surface area contributed by atoms with E-state index < -0.39 is 0 Å². The van der Waals surface area contributed by atoms with Crippen LogP contribution in [0.4, 0.5) is 0 Å². The van der Waals surface area contributed by atoms with E-state index in [2.05, 4.69) is 18.0 Å². The predicted molar refractivity (Wildman–Crippen MR) is 73.8 cm³/mol. The summed E-state index contributed by atoms with van der Waals surface area (Å²) in [5.41, 5.74) is 5.09. The Bertz CT molecular complexity index is 587. The molecule has 1 aromatic heterocycles. The highest BCUT2D eigenvalue weighted by Gasteiger charge is 2.06. The van der Waals surface area contributed by atoms with Crippen molar-refractivity contribution in [2.45, 2.75) is 27.2 Å². The maximum Gasteiger partial charge on any atom is 0.160 e. The Hall–Kier alpha value is -1.96. The molecule has 0 N–H and O–H groups in total. The van der Waals surface area contributed by atoms with Crippen LogP contribution in [0.1, 0.15) is 35.3 Å². The topological polar surface area (TPSA) is 30.0 Å². The van der Waals surface area contributed by atoms with Crippen LogP contribution in [-0.4, -0.2) is 10.8 Å². The van der Waals surface area contributed by atoms with Crippen LogP contribution in [-0.2, 0) is 6.42 Å². The molecule has 2 rings (SSSR count). The third-order valence-corrected chi connectivity index (χ3v) is 3.13. The van der Waals surface area contributed by atoms with Crippen LogP contribution in [0.5, 0.6) is 0 Å². The molecule has 0 unspecified atom stereocenters. The van der Waals surface area contributed by atoms with Gasteiger partial charge in [0, 0.05) is 17.3 Å². The van der Waals surface area contributed by atoms with E-state index in [9.17, 15) is 4.79 Å². The number of aromatic nitrogens is 1. The molecule has 0 fully saturated rings. The van der Waals surface area contributed by atoms with Crippen molar-refractivity contribution in [2.24, 2.45) is 0 Å². The molecular formula is C16H17NO. The Kier molecular flexibility index (Phi) is 3.56. The van der Waals surface area contributed by atoms with Gasteiger partial charge in [0.15, 0.2) is 5.78 Å². The highest BCUT2D eigenvalue weighted by molar-refractivity contribution is 5.96. The largest absolute Gasteiger partial charge is 0.295 e. The first-order chi connectivity index (χ1) is 8.61. The molecule has 0 saturated carbocycles. The molecule has 1 heterocycles. The van der Waals surface area contributed by atoms with Crippen LogP contribution < -0.4 is 0 Å². The van der Waals surface area contributed by atoms with Gasteiger partial charge in [-0.2, -0.15) is 0 Å². The quantitative estimate of drug-likeness (QED) is 0.762. The van der Waals surface area contributed by atoms with Gasteiger partial charge in [0.05, 0.1) is 5.69 Å². The monoisotopic (exact) mass is 239 g/mol. The zero-order valence-corrected chi connectivity index (χ0v) is 11.0. The molecule has 1 aromatic carbocycles. The molecule has 92 valence electrons. The first-order valence-corrected chi connectivity index (χ1v) is 6.18. The summed E-state index contributed by atoms with van der Waals surface area (Å²) in [6.07, 6.45) is 2.84. The Balaban J connectivity index is 2.45. The fraction of sp³-hybridized carbons (Fsp3) is 0.250. The van der Waals surface area contributed by atoms with Crippen LogP contribution in [0.25, 0.3) is 11.3 Å². The normalized spacial score (nSPS) is 10.4. The van der Waals surface area contributed by atoms with Gasteiger partial charge in [-0.05, 0) is 49.6 Å². The minimum Gasteiger partial charge on any atom is -0.295 e. The molecule has 0 amide bonds. The van der Waals surface area contributed by atoms with Crippen LogP contribution in [0.15, 0.2) is 36.5 Å². The van der Waals surface area contributed by atoms with Crippen molar-refractivity contribution in [3.63, 3.8) is 0 Å². The Labute approximate surface area is 108 Å². The van der Waals surface area contributed by atoms with Gasteiger partial charge in [0.2, 0.25) is 0 Å². The summed E-state index contributed by atoms with van der Waals surface area (Å²) < 4.78 is 0. The Morgan fingerprint density at radius 2 is 2.00 bits per heavy atom. The van der Waals surface area contributed by atoms with E-state index in [-0.39, 0.29) is 5.78 Å². The maximum atomic E-state index is 11.4. The molecule has 0 radical (unpaired) electrons. The summed E-state index contributed by atoms with van der Waals surface area (Å²) in [6.45, 7) is 5.69. The molecule has 0 spiro atoms. The number of hydrogen-bond donors (Lipinski definition) is 0. The number of benzene rings is 1. The second kappa shape index (κ2) is 5.13. The summed E-state index contributed by atoms with van der Waals surface area (Å²) in [7, 11) is 0. The molecule has 0 aliphatic heterocycles. The van der Waals surface area contributed by atoms with E-state index in [4.69, 9.17) is 0 Å². The number of carbonyl (C=O) groups excluding carboxylic acids is 1. The first kappa shape index (κ1) is 12.5. The number of nitrogens with zero attached hydrogens (tertiary/aromatic N) is 1. The summed E-state index contributed by atoms with van der Waals surface area (Å²) in [5, 5.41) is 0. The fourth-order valence-corrected chi connectivity index (χ4v) is 2.07. The highest BCUT2D eigenvalue weighted by Crippen LogP contribution is 2.21. The van der Waals surface area contributed by atoms with Gasteiger partial charge in [0.1, 0.15) is 0 Å². The lowest BCUT2D eigenvalue weighted by atomic mass is 10.00. The predicted octanol–water partition coefficient (Wildman–Crippen LogP) is 3.82. The van der Waals surface area contributed by atoms with Gasteiger partial charge in [-0.15, -0.1) is 0 Å². The number of pyridine rings is 1. The number of aryl methyl sites for hydroxylation is 2. The van der Waals surface area contributed by atoms with E-state index in [1.165, 1.54) is 5.56 Å². The lowest BCUT2D eigenvalue weighted by Crippen LogP contribution is -1.96. The Morgan fingerprint density at radius 1 is 1.22 bits per heavy atom. The second-order valence-corrected chi connectivity index (χ2v) is 4.49. The molecule has 0 aliphatic carbocycles. The molecular weight excluding hydrogens is 222 g/mol. The number of hydrogen-bond acceptors (Lipinski definition) is 2. The maximum absolute atomic E-state index is 11.4. The van der Waals surface area contributed by atoms with Crippen molar-refractivity contribution in [3.05, 3.63) is 53.2 Å². The van der Waals surface area contributed by atoms with Gasteiger partial charge in [0.25, 0.3) is 0 Å². The number of Topliss-reactive ketones (excluding diaryl/α,β-unsaturated/α-hetero) is 1. The summed E-state index contributed by atoms with van der Waals surface area (Å²) >= 11 is 0. The standard InChI is InChI=1S/C16H17NO/c1-4-13-7-8-17-16(10-13)14-5-6-15(12(3)18)11(2)9-14/h5-10H,4H2,1-3H3. The molecule has 18 heavy (non-hydrogen) atoms. The molecule has 0 atom stereocenters. The van der Waals surface area contributed by atoms with Gasteiger partial charge in [-0.25, -0.2) is 0 Å². The minimum atomic E-state index is 0.106. The Morgan fingerprint density at radius 3 is 2.61 bits per heavy atom. The zero-order chi connectivity index (χ0) is 13.1. The number of carbonyl (C=O) groups is 1. The van der Waals surface area contributed by atoms with E-state index >= 15 is 0 Å². The minimum absolute atomic E-state index is 0.106. The molecule has 0 aliphatic rings. The van der Waals surface area contributed by atoms with Crippen molar-refractivity contribution >= 4 is 5.78 Å². The van der Waals surface area contributed by atoms with E-state index in [1.54, 1.807) is 6.92 Å². The summed E-state index contributed by atoms with van der Waals surface area (Å²) in [4.78, 5) is 15.8. The van der Waals surface area contributed by atoms with Crippen molar-refractivity contribution in [2.75, 3.05) is 0 Å². The number of rotatable bonds is 3. The zero-order valence-electron chi connectivity index (χ0n) is 11.0. The van der Waals surface area contributed by atoms with Crippen molar-refractivity contribution in [1.82, 2.24) is 4.98 Å².